The van der Waals surface area contributed by atoms with Gasteiger partial charge in [0.15, 0.2) is 0 Å². The van der Waals surface area contributed by atoms with Gasteiger partial charge in [0.2, 0.25) is 0 Å². The maximum atomic E-state index is 13.0. The van der Waals surface area contributed by atoms with Gasteiger partial charge in [0, 0.05) is 24.9 Å². The average molecular weight is 511 g/mol. The minimum Gasteiger partial charge on any atom is -0.337 e. The van der Waals surface area contributed by atoms with Crippen LogP contribution in [0.15, 0.2) is 48.0 Å². The summed E-state index contributed by atoms with van der Waals surface area (Å²) >= 11 is 12.3. The number of rotatable bonds is 6. The highest BCUT2D eigenvalue weighted by Gasteiger charge is 2.43. The van der Waals surface area contributed by atoms with E-state index < -0.39 is 12.1 Å². The number of likely N-dealkylation sites (N-methyl/N-ethyl adjacent to an activating group) is 1. The lowest BCUT2D eigenvalue weighted by Crippen LogP contribution is -2.41. The van der Waals surface area contributed by atoms with Gasteiger partial charge < -0.3 is 10.2 Å². The lowest BCUT2D eigenvalue weighted by Gasteiger charge is -2.38. The van der Waals surface area contributed by atoms with Crippen LogP contribution in [0.1, 0.15) is 48.3 Å². The third-order valence-electron chi connectivity index (χ3n) is 7.14. The van der Waals surface area contributed by atoms with Gasteiger partial charge >= 0.3 is 12.1 Å². The molecule has 1 amide bonds. The van der Waals surface area contributed by atoms with Gasteiger partial charge in [-0.25, -0.2) is 0 Å². The zero-order valence-corrected chi connectivity index (χ0v) is 20.4. The number of hydrogen-bond acceptors (Lipinski definition) is 2. The van der Waals surface area contributed by atoms with Gasteiger partial charge in [-0.3, -0.25) is 4.79 Å². The summed E-state index contributed by atoms with van der Waals surface area (Å²) in [7, 11) is 1.19. The highest BCUT2D eigenvalue weighted by Crippen LogP contribution is 2.50. The van der Waals surface area contributed by atoms with Gasteiger partial charge in [-0.1, -0.05) is 65.2 Å². The summed E-state index contributed by atoms with van der Waals surface area (Å²) in [5.74, 6) is -2.17. The van der Waals surface area contributed by atoms with E-state index in [2.05, 4.69) is 29.6 Å². The van der Waals surface area contributed by atoms with Crippen LogP contribution >= 0.6 is 23.2 Å². The molecular formula is C26H27Cl2F3N2O. The van der Waals surface area contributed by atoms with Crippen LogP contribution in [0, 0.1) is 0 Å². The van der Waals surface area contributed by atoms with Crippen LogP contribution in [0.2, 0.25) is 10.0 Å². The Balaban J connectivity index is 1.60. The van der Waals surface area contributed by atoms with Crippen molar-refractivity contribution in [3.05, 3.63) is 74.8 Å². The number of hydrogen-bond donors (Lipinski definition) is 1. The Kier molecular flexibility index (Phi) is 7.32. The Morgan fingerprint density at radius 3 is 2.50 bits per heavy atom. The van der Waals surface area contributed by atoms with Crippen molar-refractivity contribution in [3.8, 4) is 0 Å². The molecule has 1 heterocycles. The number of piperidine rings is 1. The summed E-state index contributed by atoms with van der Waals surface area (Å²) < 4.78 is 39.1. The number of halogens is 5. The molecule has 0 aromatic heterocycles. The molecule has 182 valence electrons. The predicted octanol–water partition coefficient (Wildman–Crippen LogP) is 6.60. The molecule has 1 fully saturated rings. The maximum Gasteiger partial charge on any atom is 0.471 e. The molecule has 1 saturated heterocycles. The molecule has 8 heteroatoms. The Morgan fingerprint density at radius 2 is 1.82 bits per heavy atom. The van der Waals surface area contributed by atoms with E-state index in [4.69, 9.17) is 23.2 Å². The second kappa shape index (κ2) is 9.92. The molecule has 2 aromatic carbocycles. The van der Waals surface area contributed by atoms with Crippen LogP contribution in [0.5, 0.6) is 0 Å². The van der Waals surface area contributed by atoms with E-state index in [1.165, 1.54) is 23.7 Å². The summed E-state index contributed by atoms with van der Waals surface area (Å²) in [4.78, 5) is 12.6. The SMILES string of the molecule is CN(C[C@@H](CCC1=Cc2ccccc2C12CCNCC2)c1ccc(Cl)c(Cl)c1)C(=O)C(F)(F)F. The van der Waals surface area contributed by atoms with E-state index in [-0.39, 0.29) is 17.9 Å². The molecule has 0 radical (unpaired) electrons. The highest BCUT2D eigenvalue weighted by atomic mass is 35.5. The van der Waals surface area contributed by atoms with Gasteiger partial charge in [0.25, 0.3) is 0 Å². The lowest BCUT2D eigenvalue weighted by atomic mass is 9.69. The van der Waals surface area contributed by atoms with E-state index in [1.807, 2.05) is 6.07 Å². The van der Waals surface area contributed by atoms with Crippen LogP contribution < -0.4 is 5.32 Å². The number of nitrogens with zero attached hydrogens (tertiary/aromatic N) is 1. The first-order valence-electron chi connectivity index (χ1n) is 11.4. The summed E-state index contributed by atoms with van der Waals surface area (Å²) in [6, 6.07) is 13.5. The molecule has 2 aromatic rings. The standard InChI is InChI=1S/C26H27Cl2F3N2O/c1-33(24(34)26(29,30)31)16-19(17-7-9-22(27)23(28)15-17)6-8-20-14-18-4-2-3-5-21(18)25(20)10-12-32-13-11-25/h2-5,7,9,14-15,19,32H,6,8,10-13,16H2,1H3/t19-/m1/s1. The quantitative estimate of drug-likeness (QED) is 0.474. The number of alkyl halides is 3. The fourth-order valence-corrected chi connectivity index (χ4v) is 5.71. The third-order valence-corrected chi connectivity index (χ3v) is 7.88. The van der Waals surface area contributed by atoms with Gasteiger partial charge in [0.05, 0.1) is 10.0 Å². The fraction of sp³-hybridized carbons (Fsp3) is 0.423. The van der Waals surface area contributed by atoms with Gasteiger partial charge in [-0.05, 0) is 67.6 Å². The minimum atomic E-state index is -4.91. The summed E-state index contributed by atoms with van der Waals surface area (Å²) in [6.45, 7) is 1.78. The van der Waals surface area contributed by atoms with E-state index in [9.17, 15) is 18.0 Å². The van der Waals surface area contributed by atoms with Crippen LogP contribution in [0.4, 0.5) is 13.2 Å². The number of allylic oxidation sites excluding steroid dienone is 1. The number of carbonyl (C=O) groups excluding carboxylic acids is 1. The zero-order chi connectivity index (χ0) is 24.5. The lowest BCUT2D eigenvalue weighted by molar-refractivity contribution is -0.184. The Bertz CT molecular complexity index is 1090. The normalized spacial score (nSPS) is 17.9. The highest BCUT2D eigenvalue weighted by molar-refractivity contribution is 6.42. The van der Waals surface area contributed by atoms with Gasteiger partial charge in [0.1, 0.15) is 0 Å². The van der Waals surface area contributed by atoms with Crippen molar-refractivity contribution in [2.24, 2.45) is 0 Å². The molecule has 0 unspecified atom stereocenters. The largest absolute Gasteiger partial charge is 0.471 e. The van der Waals surface area contributed by atoms with Crippen molar-refractivity contribution >= 4 is 35.2 Å². The smallest absolute Gasteiger partial charge is 0.337 e. The Hall–Kier alpha value is -2.02. The molecule has 0 bridgehead atoms. The summed E-state index contributed by atoms with van der Waals surface area (Å²) in [5, 5.41) is 4.16. The molecule has 2 aliphatic rings. The van der Waals surface area contributed by atoms with Gasteiger partial charge in [-0.15, -0.1) is 0 Å². The van der Waals surface area contributed by atoms with Crippen molar-refractivity contribution in [2.45, 2.75) is 43.2 Å². The van der Waals surface area contributed by atoms with E-state index in [0.29, 0.717) is 22.9 Å². The average Bonchev–Trinajstić information content (AvgIpc) is 3.10. The number of nitrogens with one attached hydrogen (secondary N) is 1. The molecule has 4 rings (SSSR count). The predicted molar refractivity (Wildman–Crippen MR) is 130 cm³/mol. The molecule has 1 spiro atoms. The monoisotopic (exact) mass is 510 g/mol. The summed E-state index contributed by atoms with van der Waals surface area (Å²) in [5.41, 5.74) is 4.59. The van der Waals surface area contributed by atoms with Crippen molar-refractivity contribution in [1.82, 2.24) is 10.2 Å². The van der Waals surface area contributed by atoms with Crippen LogP contribution in [-0.2, 0) is 10.2 Å². The second-order valence-corrected chi connectivity index (χ2v) is 10.00. The van der Waals surface area contributed by atoms with Crippen LogP contribution in [0.3, 0.4) is 0 Å². The number of fused-ring (bicyclic) bond motifs is 2. The molecule has 0 saturated carbocycles. The maximum absolute atomic E-state index is 13.0. The second-order valence-electron chi connectivity index (χ2n) is 9.18. The fourth-order valence-electron chi connectivity index (χ4n) is 5.40. The third kappa shape index (κ3) is 5.00. The first kappa shape index (κ1) is 25.1. The Labute approximate surface area is 207 Å². The molecular weight excluding hydrogens is 484 g/mol. The molecule has 3 nitrogen and oxygen atoms in total. The summed E-state index contributed by atoms with van der Waals surface area (Å²) in [6.07, 6.45) is 0.610. The first-order valence-corrected chi connectivity index (χ1v) is 12.2. The topological polar surface area (TPSA) is 32.3 Å². The number of amides is 1. The van der Waals surface area contributed by atoms with Crippen LogP contribution in [0.25, 0.3) is 6.08 Å². The van der Waals surface area contributed by atoms with E-state index in [0.717, 1.165) is 36.4 Å². The van der Waals surface area contributed by atoms with Gasteiger partial charge in [-0.2, -0.15) is 13.2 Å². The molecule has 1 N–H and O–H groups in total. The minimum absolute atomic E-state index is 0.0439. The van der Waals surface area contributed by atoms with E-state index in [1.54, 1.807) is 18.2 Å². The molecule has 1 atom stereocenters. The molecule has 1 aliphatic carbocycles. The first-order chi connectivity index (χ1) is 16.1. The van der Waals surface area contributed by atoms with Crippen molar-refractivity contribution < 1.29 is 18.0 Å². The number of carbonyl (C=O) groups is 1. The van der Waals surface area contributed by atoms with Crippen molar-refractivity contribution in [3.63, 3.8) is 0 Å². The van der Waals surface area contributed by atoms with Crippen molar-refractivity contribution in [1.29, 1.82) is 0 Å². The molecule has 34 heavy (non-hydrogen) atoms. The van der Waals surface area contributed by atoms with Crippen molar-refractivity contribution in [2.75, 3.05) is 26.7 Å². The zero-order valence-electron chi connectivity index (χ0n) is 18.9. The number of benzene rings is 2. The molecule has 1 aliphatic heterocycles. The van der Waals surface area contributed by atoms with Crippen LogP contribution in [-0.4, -0.2) is 43.7 Å². The van der Waals surface area contributed by atoms with E-state index >= 15 is 0 Å². The Morgan fingerprint density at radius 1 is 1.12 bits per heavy atom.